The Kier molecular flexibility index (Phi) is 6.13. The second-order valence-electron chi connectivity index (χ2n) is 8.29. The molecule has 2 amide bonds. The van der Waals surface area contributed by atoms with Crippen molar-refractivity contribution in [3.63, 3.8) is 0 Å². The van der Waals surface area contributed by atoms with Crippen LogP contribution in [0.4, 0.5) is 10.1 Å². The molecule has 158 valence electrons. The molecule has 0 bridgehead atoms. The van der Waals surface area contributed by atoms with Crippen molar-refractivity contribution in [2.24, 2.45) is 11.3 Å². The number of anilines is 1. The third-order valence-corrected chi connectivity index (χ3v) is 6.37. The van der Waals surface area contributed by atoms with Crippen LogP contribution < -0.4 is 5.32 Å². The van der Waals surface area contributed by atoms with E-state index in [1.165, 1.54) is 12.1 Å². The second kappa shape index (κ2) is 8.96. The monoisotopic (exact) mass is 410 g/mol. The van der Waals surface area contributed by atoms with Gasteiger partial charge in [-0.05, 0) is 43.0 Å². The first kappa shape index (κ1) is 20.5. The molecule has 1 spiro atoms. The predicted octanol–water partition coefficient (Wildman–Crippen LogP) is 3.65. The van der Waals surface area contributed by atoms with Gasteiger partial charge in [0.15, 0.2) is 0 Å². The molecule has 0 radical (unpaired) electrons. The number of nitrogens with one attached hydrogen (secondary N) is 1. The van der Waals surface area contributed by atoms with Gasteiger partial charge < -0.3 is 15.0 Å². The predicted molar refractivity (Wildman–Crippen MR) is 112 cm³/mol. The summed E-state index contributed by atoms with van der Waals surface area (Å²) in [6.07, 6.45) is 2.61. The molecular weight excluding hydrogens is 383 g/mol. The van der Waals surface area contributed by atoms with Gasteiger partial charge in [0.1, 0.15) is 5.82 Å². The third-order valence-electron chi connectivity index (χ3n) is 6.37. The number of nitrogens with zero attached hydrogens (tertiary/aromatic N) is 1. The smallest absolute Gasteiger partial charge is 0.229 e. The highest BCUT2D eigenvalue weighted by Crippen LogP contribution is 2.45. The number of carbonyl (C=O) groups excluding carboxylic acids is 2. The lowest BCUT2D eigenvalue weighted by Crippen LogP contribution is -2.42. The van der Waals surface area contributed by atoms with Gasteiger partial charge in [0.05, 0.1) is 5.92 Å². The van der Waals surface area contributed by atoms with Crippen molar-refractivity contribution in [1.82, 2.24) is 4.90 Å². The van der Waals surface area contributed by atoms with Gasteiger partial charge in [0.2, 0.25) is 11.8 Å². The Hall–Kier alpha value is -2.73. The van der Waals surface area contributed by atoms with E-state index in [2.05, 4.69) is 5.32 Å². The number of hydrogen-bond acceptors (Lipinski definition) is 3. The zero-order chi connectivity index (χ0) is 21.0. The average molecular weight is 410 g/mol. The van der Waals surface area contributed by atoms with Crippen molar-refractivity contribution < 1.29 is 18.7 Å². The van der Waals surface area contributed by atoms with E-state index in [9.17, 15) is 14.0 Å². The average Bonchev–Trinajstić information content (AvgIpc) is 3.12. The molecule has 6 heteroatoms. The summed E-state index contributed by atoms with van der Waals surface area (Å²) in [4.78, 5) is 27.9. The molecule has 1 atom stereocenters. The van der Waals surface area contributed by atoms with Gasteiger partial charge in [0, 0.05) is 43.8 Å². The first-order chi connectivity index (χ1) is 14.6. The van der Waals surface area contributed by atoms with Gasteiger partial charge in [-0.25, -0.2) is 4.39 Å². The zero-order valence-corrected chi connectivity index (χ0v) is 17.0. The number of aryl methyl sites for hydroxylation is 1. The number of benzene rings is 2. The lowest BCUT2D eigenvalue weighted by Gasteiger charge is -2.37. The summed E-state index contributed by atoms with van der Waals surface area (Å²) in [5.74, 6) is -0.797. The maximum atomic E-state index is 13.5. The van der Waals surface area contributed by atoms with Crippen LogP contribution in [0.25, 0.3) is 0 Å². The van der Waals surface area contributed by atoms with Gasteiger partial charge in [-0.3, -0.25) is 9.59 Å². The Morgan fingerprint density at radius 1 is 1.10 bits per heavy atom. The summed E-state index contributed by atoms with van der Waals surface area (Å²) in [7, 11) is 0. The summed E-state index contributed by atoms with van der Waals surface area (Å²) < 4.78 is 19.0. The van der Waals surface area contributed by atoms with Gasteiger partial charge in [-0.15, -0.1) is 0 Å². The Morgan fingerprint density at radius 3 is 2.60 bits per heavy atom. The number of amides is 2. The summed E-state index contributed by atoms with van der Waals surface area (Å²) in [5.41, 5.74) is 1.29. The van der Waals surface area contributed by atoms with E-state index in [0.717, 1.165) is 18.4 Å². The quantitative estimate of drug-likeness (QED) is 0.819. The van der Waals surface area contributed by atoms with Crippen LogP contribution in [0.5, 0.6) is 0 Å². The van der Waals surface area contributed by atoms with Crippen LogP contribution in [0.15, 0.2) is 54.6 Å². The molecule has 0 aromatic heterocycles. The summed E-state index contributed by atoms with van der Waals surface area (Å²) in [6.45, 7) is 2.16. The lowest BCUT2D eigenvalue weighted by atomic mass is 9.71. The highest BCUT2D eigenvalue weighted by Gasteiger charge is 2.51. The first-order valence-corrected chi connectivity index (χ1v) is 10.5. The van der Waals surface area contributed by atoms with E-state index in [4.69, 9.17) is 4.74 Å². The number of rotatable bonds is 5. The molecule has 0 aliphatic carbocycles. The van der Waals surface area contributed by atoms with Crippen molar-refractivity contribution in [3.8, 4) is 0 Å². The summed E-state index contributed by atoms with van der Waals surface area (Å²) in [6, 6.07) is 15.9. The maximum absolute atomic E-state index is 13.5. The molecule has 4 rings (SSSR count). The van der Waals surface area contributed by atoms with E-state index in [1.807, 2.05) is 35.2 Å². The van der Waals surface area contributed by atoms with E-state index in [-0.39, 0.29) is 23.1 Å². The van der Waals surface area contributed by atoms with Crippen molar-refractivity contribution in [2.45, 2.75) is 25.7 Å². The molecule has 2 aromatic rings. The topological polar surface area (TPSA) is 58.6 Å². The van der Waals surface area contributed by atoms with Crippen LogP contribution in [0.2, 0.25) is 0 Å². The number of hydrogen-bond donors (Lipinski definition) is 1. The minimum atomic E-state index is -0.391. The highest BCUT2D eigenvalue weighted by molar-refractivity contribution is 5.94. The fraction of sp³-hybridized carbons (Fsp3) is 0.417. The van der Waals surface area contributed by atoms with Crippen LogP contribution in [0.1, 0.15) is 24.8 Å². The first-order valence-electron chi connectivity index (χ1n) is 10.5. The van der Waals surface area contributed by atoms with Gasteiger partial charge in [-0.1, -0.05) is 36.4 Å². The standard InChI is InChI=1S/C24H27FN2O3/c25-19-7-4-8-20(15-19)26-23(29)21-16-27(17-24(21)11-13-30-14-12-24)22(28)10-9-18-5-2-1-3-6-18/h1-8,15,21H,9-14,16-17H2,(H,26,29). The van der Waals surface area contributed by atoms with Gasteiger partial charge in [-0.2, -0.15) is 0 Å². The second-order valence-corrected chi connectivity index (χ2v) is 8.29. The lowest BCUT2D eigenvalue weighted by molar-refractivity contribution is -0.130. The highest BCUT2D eigenvalue weighted by atomic mass is 19.1. The molecule has 2 aliphatic rings. The van der Waals surface area contributed by atoms with Crippen molar-refractivity contribution in [3.05, 3.63) is 66.0 Å². The molecule has 0 saturated carbocycles. The molecule has 2 fully saturated rings. The Labute approximate surface area is 176 Å². The normalized spacial score (nSPS) is 20.3. The van der Waals surface area contributed by atoms with E-state index in [1.54, 1.807) is 12.1 Å². The van der Waals surface area contributed by atoms with Crippen molar-refractivity contribution in [1.29, 1.82) is 0 Å². The Morgan fingerprint density at radius 2 is 1.87 bits per heavy atom. The third kappa shape index (κ3) is 4.54. The molecular formula is C24H27FN2O3. The van der Waals surface area contributed by atoms with Gasteiger partial charge >= 0.3 is 0 Å². The number of ether oxygens (including phenoxy) is 1. The fourth-order valence-corrected chi connectivity index (χ4v) is 4.65. The van der Waals surface area contributed by atoms with Crippen LogP contribution in [-0.2, 0) is 20.7 Å². The summed E-state index contributed by atoms with van der Waals surface area (Å²) in [5, 5.41) is 2.86. The molecule has 2 saturated heterocycles. The SMILES string of the molecule is O=C(Nc1cccc(F)c1)C1CN(C(=O)CCc2ccccc2)CC12CCOCC2. The largest absolute Gasteiger partial charge is 0.381 e. The number of likely N-dealkylation sites (tertiary alicyclic amines) is 1. The van der Waals surface area contributed by atoms with Crippen molar-refractivity contribution in [2.75, 3.05) is 31.6 Å². The molecule has 1 N–H and O–H groups in total. The molecule has 2 heterocycles. The van der Waals surface area contributed by atoms with Crippen molar-refractivity contribution >= 4 is 17.5 Å². The van der Waals surface area contributed by atoms with Crippen LogP contribution >= 0.6 is 0 Å². The maximum Gasteiger partial charge on any atom is 0.229 e. The van der Waals surface area contributed by atoms with E-state index in [0.29, 0.717) is 44.8 Å². The van der Waals surface area contributed by atoms with Gasteiger partial charge in [0.25, 0.3) is 0 Å². The number of carbonyl (C=O) groups is 2. The molecule has 2 aromatic carbocycles. The zero-order valence-electron chi connectivity index (χ0n) is 17.0. The van der Waals surface area contributed by atoms with Crippen LogP contribution in [-0.4, -0.2) is 43.0 Å². The van der Waals surface area contributed by atoms with E-state index >= 15 is 0 Å². The van der Waals surface area contributed by atoms with Crippen LogP contribution in [0, 0.1) is 17.2 Å². The Balaban J connectivity index is 1.46. The van der Waals surface area contributed by atoms with E-state index < -0.39 is 5.82 Å². The van der Waals surface area contributed by atoms with Crippen LogP contribution in [0.3, 0.4) is 0 Å². The fourth-order valence-electron chi connectivity index (χ4n) is 4.65. The minimum Gasteiger partial charge on any atom is -0.381 e. The molecule has 2 aliphatic heterocycles. The number of halogens is 1. The molecule has 5 nitrogen and oxygen atoms in total. The molecule has 30 heavy (non-hydrogen) atoms. The molecule has 1 unspecified atom stereocenters. The summed E-state index contributed by atoms with van der Waals surface area (Å²) >= 11 is 0. The Bertz CT molecular complexity index is 896. The minimum absolute atomic E-state index is 0.0748.